The molecule has 2 heterocycles. The standard InChI is InChI=1S/C18H30N2O5SSi/c1-7-24-12(3)19-8-9-26-14-10-13-15(11(2)25-27(4,5)6)17(21)20(13)16(14)18(22)23/h11,13,15H,7-10H2,1-6H3,(H,22,23)/p-1/t11-,13+,15-/m0/s1. The first-order valence-corrected chi connectivity index (χ1v) is 13.7. The first-order chi connectivity index (χ1) is 12.6. The molecule has 1 fully saturated rings. The largest absolute Gasteiger partial charge is 0.543 e. The van der Waals surface area contributed by atoms with Crippen LogP contribution in [0, 0.1) is 5.92 Å². The zero-order valence-electron chi connectivity index (χ0n) is 16.9. The van der Waals surface area contributed by atoms with Gasteiger partial charge in [-0.15, -0.1) is 11.8 Å². The highest BCUT2D eigenvalue weighted by molar-refractivity contribution is 8.03. The molecule has 1 saturated heterocycles. The van der Waals surface area contributed by atoms with Gasteiger partial charge in [-0.3, -0.25) is 9.79 Å². The van der Waals surface area contributed by atoms with Gasteiger partial charge in [-0.05, 0) is 33.5 Å². The van der Waals surface area contributed by atoms with Crippen LogP contribution in [-0.4, -0.2) is 62.0 Å². The number of aliphatic carboxylic acids is 1. The van der Waals surface area contributed by atoms with Gasteiger partial charge in [0, 0.05) is 24.0 Å². The maximum absolute atomic E-state index is 12.6. The molecular weight excluding hydrogens is 384 g/mol. The third-order valence-corrected chi connectivity index (χ3v) is 6.64. The van der Waals surface area contributed by atoms with Crippen molar-refractivity contribution >= 4 is 37.9 Å². The van der Waals surface area contributed by atoms with Gasteiger partial charge in [0.2, 0.25) is 5.91 Å². The van der Waals surface area contributed by atoms with Crippen LogP contribution in [0.15, 0.2) is 15.6 Å². The van der Waals surface area contributed by atoms with Crippen LogP contribution in [0.1, 0.15) is 27.2 Å². The Kier molecular flexibility index (Phi) is 7.15. The second-order valence-corrected chi connectivity index (χ2v) is 13.3. The minimum Gasteiger partial charge on any atom is -0.543 e. The maximum Gasteiger partial charge on any atom is 0.235 e. The second-order valence-electron chi connectivity index (χ2n) is 7.68. The average molecular weight is 414 g/mol. The van der Waals surface area contributed by atoms with E-state index in [1.165, 1.54) is 16.7 Å². The van der Waals surface area contributed by atoms with E-state index >= 15 is 0 Å². The Balaban J connectivity index is 2.02. The summed E-state index contributed by atoms with van der Waals surface area (Å²) in [5, 5.41) is 11.6. The number of carbonyl (C=O) groups excluding carboxylic acids is 2. The normalized spacial score (nSPS) is 24.0. The molecule has 2 aliphatic heterocycles. The van der Waals surface area contributed by atoms with E-state index in [1.54, 1.807) is 6.92 Å². The highest BCUT2D eigenvalue weighted by Crippen LogP contribution is 2.47. The number of fused-ring (bicyclic) bond motifs is 1. The fraction of sp³-hybridized carbons (Fsp3) is 0.722. The lowest BCUT2D eigenvalue weighted by Gasteiger charge is -2.47. The zero-order valence-corrected chi connectivity index (χ0v) is 18.7. The number of carboxylic acids is 1. The summed E-state index contributed by atoms with van der Waals surface area (Å²) in [6, 6.07) is -0.145. The number of ether oxygens (including phenoxy) is 1. The quantitative estimate of drug-likeness (QED) is 0.187. The van der Waals surface area contributed by atoms with Crippen molar-refractivity contribution in [3.8, 4) is 0 Å². The fourth-order valence-corrected chi connectivity index (χ4v) is 5.89. The molecule has 9 heteroatoms. The van der Waals surface area contributed by atoms with Gasteiger partial charge in [0.1, 0.15) is 0 Å². The van der Waals surface area contributed by atoms with E-state index in [2.05, 4.69) is 24.6 Å². The number of nitrogens with zero attached hydrogens (tertiary/aromatic N) is 2. The predicted octanol–water partition coefficient (Wildman–Crippen LogP) is 1.61. The van der Waals surface area contributed by atoms with Crippen LogP contribution in [0.4, 0.5) is 0 Å². The van der Waals surface area contributed by atoms with Crippen molar-refractivity contribution in [2.24, 2.45) is 10.9 Å². The van der Waals surface area contributed by atoms with Crippen molar-refractivity contribution in [1.29, 1.82) is 0 Å². The number of aliphatic imine (C=N–C) groups is 1. The molecule has 1 amide bonds. The van der Waals surface area contributed by atoms with Crippen LogP contribution in [-0.2, 0) is 18.8 Å². The third-order valence-electron chi connectivity index (χ3n) is 4.46. The highest BCUT2D eigenvalue weighted by atomic mass is 32.2. The number of β-lactam (4-membered cyclic amide) rings is 1. The van der Waals surface area contributed by atoms with Gasteiger partial charge in [-0.2, -0.15) is 0 Å². The van der Waals surface area contributed by atoms with Gasteiger partial charge < -0.3 is 24.0 Å². The summed E-state index contributed by atoms with van der Waals surface area (Å²) < 4.78 is 11.3. The van der Waals surface area contributed by atoms with Gasteiger partial charge in [-0.25, -0.2) is 0 Å². The molecule has 0 radical (unpaired) electrons. The summed E-state index contributed by atoms with van der Waals surface area (Å²) >= 11 is 1.43. The van der Waals surface area contributed by atoms with Gasteiger partial charge in [0.05, 0.1) is 42.9 Å². The molecule has 0 aromatic carbocycles. The summed E-state index contributed by atoms with van der Waals surface area (Å²) in [7, 11) is -1.78. The van der Waals surface area contributed by atoms with Crippen LogP contribution in [0.25, 0.3) is 0 Å². The van der Waals surface area contributed by atoms with Gasteiger partial charge in [0.25, 0.3) is 0 Å². The molecule has 27 heavy (non-hydrogen) atoms. The number of carbonyl (C=O) groups is 2. The molecule has 0 saturated carbocycles. The van der Waals surface area contributed by atoms with Gasteiger partial charge in [-0.1, -0.05) is 0 Å². The van der Waals surface area contributed by atoms with E-state index in [4.69, 9.17) is 9.16 Å². The highest BCUT2D eigenvalue weighted by Gasteiger charge is 2.56. The van der Waals surface area contributed by atoms with Crippen molar-refractivity contribution < 1.29 is 23.9 Å². The summed E-state index contributed by atoms with van der Waals surface area (Å²) in [5.41, 5.74) is 0.0250. The number of carboxylic acid groups (broad SMARTS) is 1. The van der Waals surface area contributed by atoms with Gasteiger partial charge >= 0.3 is 0 Å². The van der Waals surface area contributed by atoms with Crippen molar-refractivity contribution in [2.75, 3.05) is 18.9 Å². The smallest absolute Gasteiger partial charge is 0.235 e. The zero-order chi connectivity index (χ0) is 20.4. The lowest BCUT2D eigenvalue weighted by Crippen LogP contribution is -2.63. The molecule has 3 atom stereocenters. The Bertz CT molecular complexity index is 659. The molecule has 0 unspecified atom stereocenters. The maximum atomic E-state index is 12.6. The van der Waals surface area contributed by atoms with Crippen LogP contribution in [0.3, 0.4) is 0 Å². The Labute approximate surface area is 166 Å². The van der Waals surface area contributed by atoms with Crippen LogP contribution >= 0.6 is 11.8 Å². The van der Waals surface area contributed by atoms with E-state index < -0.39 is 14.3 Å². The SMILES string of the molecule is CCOC(C)=NCCSC1=C(C(=O)[O-])N2C(=O)[C@@H]([C@H](C)O[Si](C)(C)C)[C@H]2C1. The molecule has 0 bridgehead atoms. The fourth-order valence-electron chi connectivity index (χ4n) is 3.59. The molecule has 0 aliphatic carbocycles. The summed E-state index contributed by atoms with van der Waals surface area (Å²) in [4.78, 5) is 30.6. The number of hydrogen-bond acceptors (Lipinski definition) is 7. The lowest BCUT2D eigenvalue weighted by molar-refractivity contribution is -0.301. The average Bonchev–Trinajstić information content (AvgIpc) is 2.84. The summed E-state index contributed by atoms with van der Waals surface area (Å²) in [6.45, 7) is 12.9. The van der Waals surface area contributed by atoms with Crippen LogP contribution in [0.2, 0.25) is 19.6 Å². The Morgan fingerprint density at radius 1 is 1.44 bits per heavy atom. The minimum atomic E-state index is -1.78. The monoisotopic (exact) mass is 413 g/mol. The van der Waals surface area contributed by atoms with Crippen molar-refractivity contribution in [2.45, 2.75) is 59.0 Å². The summed E-state index contributed by atoms with van der Waals surface area (Å²) in [5.74, 6) is -0.514. The Hall–Kier alpha value is -1.32. The predicted molar refractivity (Wildman–Crippen MR) is 107 cm³/mol. The topological polar surface area (TPSA) is 91.3 Å². The number of hydrogen-bond donors (Lipinski definition) is 0. The third kappa shape index (κ3) is 5.14. The molecular formula is C18H29N2O5SSi-. The molecule has 0 N–H and O–H groups in total. The molecule has 2 rings (SSSR count). The number of amides is 1. The van der Waals surface area contributed by atoms with E-state index in [0.29, 0.717) is 36.1 Å². The second kappa shape index (κ2) is 8.79. The van der Waals surface area contributed by atoms with Crippen LogP contribution < -0.4 is 5.11 Å². The Morgan fingerprint density at radius 2 is 2.11 bits per heavy atom. The molecule has 0 spiro atoms. The van der Waals surface area contributed by atoms with Crippen molar-refractivity contribution in [3.63, 3.8) is 0 Å². The number of rotatable bonds is 9. The molecule has 2 aliphatic rings. The molecule has 7 nitrogen and oxygen atoms in total. The van der Waals surface area contributed by atoms with E-state index in [1.807, 2.05) is 13.8 Å². The van der Waals surface area contributed by atoms with Crippen molar-refractivity contribution in [1.82, 2.24) is 4.90 Å². The molecule has 0 aromatic rings. The summed E-state index contributed by atoms with van der Waals surface area (Å²) in [6.07, 6.45) is 0.328. The Morgan fingerprint density at radius 3 is 2.67 bits per heavy atom. The molecule has 152 valence electrons. The first-order valence-electron chi connectivity index (χ1n) is 9.28. The van der Waals surface area contributed by atoms with Crippen LogP contribution in [0.5, 0.6) is 0 Å². The van der Waals surface area contributed by atoms with E-state index in [0.717, 1.165) is 0 Å². The van der Waals surface area contributed by atoms with E-state index in [-0.39, 0.29) is 29.7 Å². The van der Waals surface area contributed by atoms with Crippen molar-refractivity contribution in [3.05, 3.63) is 10.6 Å². The van der Waals surface area contributed by atoms with E-state index in [9.17, 15) is 14.7 Å². The van der Waals surface area contributed by atoms with Gasteiger partial charge in [0.15, 0.2) is 14.2 Å². The first kappa shape index (κ1) is 22.0. The molecule has 0 aromatic heterocycles. The lowest BCUT2D eigenvalue weighted by atomic mass is 9.83. The minimum absolute atomic E-state index is 0.0250. The number of thioether (sulfide) groups is 1.